The first kappa shape index (κ1) is 18.9. The van der Waals surface area contributed by atoms with Crippen LogP contribution in [0.5, 0.6) is 5.75 Å². The molecule has 2 aromatic carbocycles. The maximum Gasteiger partial charge on any atom is 0.238 e. The Bertz CT molecular complexity index is 1110. The summed E-state index contributed by atoms with van der Waals surface area (Å²) in [6, 6.07) is 18.3. The zero-order valence-electron chi connectivity index (χ0n) is 17.2. The van der Waals surface area contributed by atoms with Crippen LogP contribution in [0.1, 0.15) is 55.1 Å². The van der Waals surface area contributed by atoms with Crippen molar-refractivity contribution in [1.82, 2.24) is 14.8 Å². The fraction of sp³-hybridized carbons (Fsp3) is 0.375. The number of benzene rings is 2. The number of anilines is 1. The van der Waals surface area contributed by atoms with Crippen LogP contribution < -0.4 is 9.64 Å². The molecular weight excluding hydrogens is 408 g/mol. The summed E-state index contributed by atoms with van der Waals surface area (Å²) in [4.78, 5) is 15.5. The van der Waals surface area contributed by atoms with E-state index in [-0.39, 0.29) is 11.9 Å². The maximum atomic E-state index is 13.6. The van der Waals surface area contributed by atoms with E-state index in [1.54, 1.807) is 0 Å². The summed E-state index contributed by atoms with van der Waals surface area (Å²) in [6.45, 7) is 0.446. The third-order valence-corrected chi connectivity index (χ3v) is 7.08. The number of amides is 1. The number of carbonyl (C=O) groups excluding carboxylic acids is 1. The summed E-state index contributed by atoms with van der Waals surface area (Å²) >= 11 is 1.51. The molecule has 3 aliphatic rings. The van der Waals surface area contributed by atoms with Gasteiger partial charge in [-0.1, -0.05) is 54.2 Å². The molecule has 6 nitrogen and oxygen atoms in total. The van der Waals surface area contributed by atoms with E-state index in [0.29, 0.717) is 24.3 Å². The molecule has 1 unspecified atom stereocenters. The summed E-state index contributed by atoms with van der Waals surface area (Å²) < 4.78 is 8.31. The van der Waals surface area contributed by atoms with Crippen LogP contribution in [-0.4, -0.2) is 33.0 Å². The van der Waals surface area contributed by atoms with Gasteiger partial charge in [-0.05, 0) is 43.4 Å². The average Bonchev–Trinajstić information content (AvgIpc) is 3.76. The highest BCUT2D eigenvalue weighted by molar-refractivity contribution is 7.99. The van der Waals surface area contributed by atoms with Gasteiger partial charge in [0, 0.05) is 12.0 Å². The molecule has 0 N–H and O–H groups in total. The zero-order chi connectivity index (χ0) is 20.8. The fourth-order valence-electron chi connectivity index (χ4n) is 4.30. The number of carbonyl (C=O) groups is 1. The number of hydrogen-bond donors (Lipinski definition) is 0. The molecule has 7 heteroatoms. The average molecular weight is 433 g/mol. The SMILES string of the molecule is O=C(CSc1nnc(C2CC2)n1C1CC1)N1c2ccccc2OCC1c1ccccc1. The molecule has 1 aromatic heterocycles. The number of nitrogens with zero attached hydrogens (tertiary/aromatic N) is 4. The van der Waals surface area contributed by atoms with E-state index in [2.05, 4.69) is 26.9 Å². The van der Waals surface area contributed by atoms with Gasteiger partial charge >= 0.3 is 0 Å². The van der Waals surface area contributed by atoms with Gasteiger partial charge in [0.05, 0.1) is 17.5 Å². The first-order valence-electron chi connectivity index (χ1n) is 11.0. The quantitative estimate of drug-likeness (QED) is 0.526. The molecule has 2 saturated carbocycles. The second kappa shape index (κ2) is 7.71. The lowest BCUT2D eigenvalue weighted by Crippen LogP contribution is -2.42. The van der Waals surface area contributed by atoms with Gasteiger partial charge in [0.1, 0.15) is 18.2 Å². The Morgan fingerprint density at radius 2 is 1.77 bits per heavy atom. The normalized spacial score (nSPS) is 20.3. The first-order valence-corrected chi connectivity index (χ1v) is 11.9. The van der Waals surface area contributed by atoms with Crippen LogP contribution >= 0.6 is 11.8 Å². The largest absolute Gasteiger partial charge is 0.489 e. The van der Waals surface area contributed by atoms with Crippen molar-refractivity contribution < 1.29 is 9.53 Å². The zero-order valence-corrected chi connectivity index (χ0v) is 18.0. The van der Waals surface area contributed by atoms with Crippen molar-refractivity contribution in [2.75, 3.05) is 17.3 Å². The first-order chi connectivity index (χ1) is 15.3. The van der Waals surface area contributed by atoms with Gasteiger partial charge in [-0.2, -0.15) is 0 Å². The molecule has 1 amide bonds. The topological polar surface area (TPSA) is 60.2 Å². The van der Waals surface area contributed by atoms with E-state index < -0.39 is 0 Å². The van der Waals surface area contributed by atoms with E-state index in [0.717, 1.165) is 28.0 Å². The van der Waals surface area contributed by atoms with E-state index in [4.69, 9.17) is 4.74 Å². The number of thioether (sulfide) groups is 1. The Hall–Kier alpha value is -2.80. The highest BCUT2D eigenvalue weighted by Crippen LogP contribution is 2.46. The predicted octanol–water partition coefficient (Wildman–Crippen LogP) is 4.75. The molecule has 2 aliphatic carbocycles. The van der Waals surface area contributed by atoms with Crippen molar-refractivity contribution in [3.8, 4) is 5.75 Å². The smallest absolute Gasteiger partial charge is 0.238 e. The molecule has 1 atom stereocenters. The summed E-state index contributed by atoms with van der Waals surface area (Å²) in [6.07, 6.45) is 4.79. The highest BCUT2D eigenvalue weighted by atomic mass is 32.2. The van der Waals surface area contributed by atoms with Gasteiger partial charge in [-0.3, -0.25) is 9.69 Å². The summed E-state index contributed by atoms with van der Waals surface area (Å²) in [5, 5.41) is 9.82. The van der Waals surface area contributed by atoms with Crippen molar-refractivity contribution in [2.45, 2.75) is 48.8 Å². The number of fused-ring (bicyclic) bond motifs is 1. The van der Waals surface area contributed by atoms with Crippen molar-refractivity contribution >= 4 is 23.4 Å². The Labute approximate surface area is 185 Å². The number of rotatable bonds is 6. The van der Waals surface area contributed by atoms with Crippen LogP contribution in [-0.2, 0) is 4.79 Å². The van der Waals surface area contributed by atoms with E-state index in [1.165, 1.54) is 37.4 Å². The monoisotopic (exact) mass is 432 g/mol. The second-order valence-corrected chi connectivity index (χ2v) is 9.42. The summed E-state index contributed by atoms with van der Waals surface area (Å²) in [5.41, 5.74) is 1.91. The van der Waals surface area contributed by atoms with E-state index >= 15 is 0 Å². The second-order valence-electron chi connectivity index (χ2n) is 8.47. The molecule has 6 rings (SSSR count). The standard InChI is InChI=1S/C24H24N4O2S/c29-22(15-31-24-26-25-23(17-10-11-17)27(24)18-12-13-18)28-19-8-4-5-9-21(19)30-14-20(28)16-6-2-1-3-7-16/h1-9,17-18,20H,10-15H2. The molecule has 0 saturated heterocycles. The molecule has 2 fully saturated rings. The lowest BCUT2D eigenvalue weighted by Gasteiger charge is -2.37. The summed E-state index contributed by atoms with van der Waals surface area (Å²) in [7, 11) is 0. The molecule has 0 spiro atoms. The molecular formula is C24H24N4O2S. The van der Waals surface area contributed by atoms with Crippen LogP contribution in [0.15, 0.2) is 59.8 Å². The number of para-hydroxylation sites is 2. The number of hydrogen-bond acceptors (Lipinski definition) is 5. The molecule has 2 heterocycles. The molecule has 0 radical (unpaired) electrons. The van der Waals surface area contributed by atoms with Gasteiger partial charge in [0.2, 0.25) is 5.91 Å². The van der Waals surface area contributed by atoms with Crippen LogP contribution in [0.4, 0.5) is 5.69 Å². The lowest BCUT2D eigenvalue weighted by molar-refractivity contribution is -0.117. The van der Waals surface area contributed by atoms with Crippen molar-refractivity contribution in [3.05, 3.63) is 66.0 Å². The predicted molar refractivity (Wildman–Crippen MR) is 120 cm³/mol. The van der Waals surface area contributed by atoms with Crippen molar-refractivity contribution in [2.24, 2.45) is 0 Å². The Balaban J connectivity index is 1.27. The van der Waals surface area contributed by atoms with Crippen LogP contribution in [0, 0.1) is 0 Å². The third-order valence-electron chi connectivity index (χ3n) is 6.16. The Morgan fingerprint density at radius 3 is 2.55 bits per heavy atom. The minimum atomic E-state index is -0.146. The maximum absolute atomic E-state index is 13.6. The van der Waals surface area contributed by atoms with Crippen LogP contribution in [0.25, 0.3) is 0 Å². The lowest BCUT2D eigenvalue weighted by atomic mass is 10.0. The highest BCUT2D eigenvalue weighted by Gasteiger charge is 2.37. The van der Waals surface area contributed by atoms with Crippen LogP contribution in [0.3, 0.4) is 0 Å². The fourth-order valence-corrected chi connectivity index (χ4v) is 5.17. The Morgan fingerprint density at radius 1 is 1.00 bits per heavy atom. The molecule has 31 heavy (non-hydrogen) atoms. The number of ether oxygens (including phenoxy) is 1. The van der Waals surface area contributed by atoms with E-state index in [1.807, 2.05) is 47.4 Å². The van der Waals surface area contributed by atoms with Gasteiger partial charge in [0.15, 0.2) is 5.16 Å². The molecule has 1 aliphatic heterocycles. The summed E-state index contributed by atoms with van der Waals surface area (Å²) in [5.74, 6) is 2.83. The third kappa shape index (κ3) is 3.61. The minimum Gasteiger partial charge on any atom is -0.489 e. The minimum absolute atomic E-state index is 0.0629. The van der Waals surface area contributed by atoms with Gasteiger partial charge in [-0.25, -0.2) is 0 Å². The number of aromatic nitrogens is 3. The molecule has 3 aromatic rings. The van der Waals surface area contributed by atoms with Crippen molar-refractivity contribution in [3.63, 3.8) is 0 Å². The Kier molecular flexibility index (Phi) is 4.71. The van der Waals surface area contributed by atoms with Crippen LogP contribution in [0.2, 0.25) is 0 Å². The molecule has 158 valence electrons. The van der Waals surface area contributed by atoms with Gasteiger partial charge in [0.25, 0.3) is 0 Å². The molecule has 0 bridgehead atoms. The van der Waals surface area contributed by atoms with Crippen molar-refractivity contribution in [1.29, 1.82) is 0 Å². The van der Waals surface area contributed by atoms with Gasteiger partial charge < -0.3 is 9.30 Å². The van der Waals surface area contributed by atoms with Gasteiger partial charge in [-0.15, -0.1) is 10.2 Å². The van der Waals surface area contributed by atoms with E-state index in [9.17, 15) is 4.79 Å².